The lowest BCUT2D eigenvalue weighted by Crippen LogP contribution is -2.17. The highest BCUT2D eigenvalue weighted by atomic mass is 35.5. The maximum atomic E-state index is 11.1. The Hall–Kier alpha value is -1.56. The molecule has 0 saturated carbocycles. The molecule has 0 unspecified atom stereocenters. The highest BCUT2D eigenvalue weighted by molar-refractivity contribution is 6.32. The summed E-state index contributed by atoms with van der Waals surface area (Å²) in [5, 5.41) is 3.73. The van der Waals surface area contributed by atoms with Crippen LogP contribution >= 0.6 is 11.6 Å². The van der Waals surface area contributed by atoms with Gasteiger partial charge in [-0.1, -0.05) is 11.6 Å². The molecule has 0 fully saturated rings. The number of hydrogen-bond donors (Lipinski definition) is 1. The summed E-state index contributed by atoms with van der Waals surface area (Å²) in [4.78, 5) is 25.1. The first-order chi connectivity index (χ1) is 6.15. The molecule has 70 valence electrons. The zero-order chi connectivity index (χ0) is 9.84. The van der Waals surface area contributed by atoms with Crippen LogP contribution in [0.1, 0.15) is 10.4 Å². The lowest BCUT2D eigenvalue weighted by molar-refractivity contribution is -0.117. The second-order valence-electron chi connectivity index (χ2n) is 2.13. The Labute approximate surface area is 78.4 Å². The standard InChI is InChI=1S/C6H6ClN3O3/c1-10-2-4(5(7)9-10)6(12)13-8-3-11/h2-3H,1H3,(H,8,11). The van der Waals surface area contributed by atoms with Crippen molar-refractivity contribution >= 4 is 24.0 Å². The van der Waals surface area contributed by atoms with Crippen LogP contribution in [0.25, 0.3) is 0 Å². The molecule has 0 aliphatic rings. The predicted molar refractivity (Wildman–Crippen MR) is 42.8 cm³/mol. The van der Waals surface area contributed by atoms with E-state index < -0.39 is 5.97 Å². The molecule has 0 aliphatic carbocycles. The molecule has 0 saturated heterocycles. The first kappa shape index (κ1) is 9.53. The van der Waals surface area contributed by atoms with Gasteiger partial charge in [0.15, 0.2) is 5.15 Å². The van der Waals surface area contributed by atoms with E-state index in [0.29, 0.717) is 0 Å². The van der Waals surface area contributed by atoms with E-state index in [1.807, 2.05) is 0 Å². The number of carbonyl (C=O) groups excluding carboxylic acids is 2. The summed E-state index contributed by atoms with van der Waals surface area (Å²) >= 11 is 5.57. The van der Waals surface area contributed by atoms with Crippen LogP contribution in [0.2, 0.25) is 5.15 Å². The van der Waals surface area contributed by atoms with E-state index in [1.165, 1.54) is 10.9 Å². The van der Waals surface area contributed by atoms with Gasteiger partial charge in [0.25, 0.3) is 0 Å². The van der Waals surface area contributed by atoms with Gasteiger partial charge in [0.05, 0.1) is 0 Å². The summed E-state index contributed by atoms with van der Waals surface area (Å²) in [5.41, 5.74) is 1.85. The van der Waals surface area contributed by atoms with Gasteiger partial charge in [0.2, 0.25) is 6.41 Å². The van der Waals surface area contributed by atoms with Crippen LogP contribution in [0, 0.1) is 0 Å². The number of aromatic nitrogens is 2. The lowest BCUT2D eigenvalue weighted by atomic mass is 10.4. The number of hydroxylamine groups is 1. The Bertz CT molecular complexity index is 336. The summed E-state index contributed by atoms with van der Waals surface area (Å²) in [7, 11) is 1.61. The maximum absolute atomic E-state index is 11.1. The third kappa shape index (κ3) is 2.19. The van der Waals surface area contributed by atoms with Gasteiger partial charge < -0.3 is 4.84 Å². The molecule has 6 nitrogen and oxygen atoms in total. The number of aryl methyl sites for hydroxylation is 1. The van der Waals surface area contributed by atoms with E-state index in [0.717, 1.165) is 0 Å². The fraction of sp³-hybridized carbons (Fsp3) is 0.167. The van der Waals surface area contributed by atoms with E-state index in [9.17, 15) is 9.59 Å². The summed E-state index contributed by atoms with van der Waals surface area (Å²) in [6.07, 6.45) is 1.62. The Morgan fingerprint density at radius 3 is 3.00 bits per heavy atom. The van der Waals surface area contributed by atoms with Gasteiger partial charge in [-0.25, -0.2) is 4.79 Å². The average molecular weight is 204 g/mol. The number of halogens is 1. The van der Waals surface area contributed by atoms with Crippen molar-refractivity contribution in [3.8, 4) is 0 Å². The minimum absolute atomic E-state index is 0.0280. The molecule has 0 spiro atoms. The van der Waals surface area contributed by atoms with Crippen molar-refractivity contribution in [2.75, 3.05) is 0 Å². The molecule has 1 rings (SSSR count). The first-order valence-corrected chi connectivity index (χ1v) is 3.62. The molecule has 0 bridgehead atoms. The van der Waals surface area contributed by atoms with Gasteiger partial charge in [0.1, 0.15) is 5.56 Å². The van der Waals surface area contributed by atoms with Crippen LogP contribution < -0.4 is 5.48 Å². The van der Waals surface area contributed by atoms with Crippen molar-refractivity contribution in [2.24, 2.45) is 7.05 Å². The number of nitrogens with one attached hydrogen (secondary N) is 1. The molecule has 0 atom stereocenters. The quantitative estimate of drug-likeness (QED) is 0.550. The van der Waals surface area contributed by atoms with Crippen molar-refractivity contribution in [3.63, 3.8) is 0 Å². The fourth-order valence-electron chi connectivity index (χ4n) is 0.731. The molecule has 1 aromatic rings. The van der Waals surface area contributed by atoms with E-state index >= 15 is 0 Å². The topological polar surface area (TPSA) is 73.2 Å². The van der Waals surface area contributed by atoms with Crippen LogP contribution in [0.15, 0.2) is 6.20 Å². The number of carbonyl (C=O) groups is 2. The Kier molecular flexibility index (Phi) is 2.86. The highest BCUT2D eigenvalue weighted by Crippen LogP contribution is 2.12. The summed E-state index contributed by atoms with van der Waals surface area (Å²) in [6, 6.07) is 0. The molecule has 1 aromatic heterocycles. The van der Waals surface area contributed by atoms with Gasteiger partial charge >= 0.3 is 5.97 Å². The second-order valence-corrected chi connectivity index (χ2v) is 2.49. The Balaban J connectivity index is 2.76. The monoisotopic (exact) mass is 203 g/mol. The average Bonchev–Trinajstić information content (AvgIpc) is 2.41. The summed E-state index contributed by atoms with van der Waals surface area (Å²) < 4.78 is 1.36. The Morgan fingerprint density at radius 1 is 1.85 bits per heavy atom. The van der Waals surface area contributed by atoms with E-state index in [1.54, 1.807) is 12.5 Å². The summed E-state index contributed by atoms with van der Waals surface area (Å²) in [6.45, 7) is 0. The largest absolute Gasteiger partial charge is 0.367 e. The molecular formula is C6H6ClN3O3. The number of rotatable bonds is 3. The van der Waals surface area contributed by atoms with Crippen LogP contribution in [0.5, 0.6) is 0 Å². The molecular weight excluding hydrogens is 198 g/mol. The molecule has 1 N–H and O–H groups in total. The van der Waals surface area contributed by atoms with Gasteiger partial charge in [-0.15, -0.1) is 0 Å². The normalized spacial score (nSPS) is 9.38. The smallest absolute Gasteiger partial charge is 0.335 e. The van der Waals surface area contributed by atoms with Gasteiger partial charge in [-0.2, -0.15) is 10.6 Å². The van der Waals surface area contributed by atoms with Gasteiger partial charge in [-0.3, -0.25) is 9.48 Å². The first-order valence-electron chi connectivity index (χ1n) is 3.24. The molecule has 0 aromatic carbocycles. The minimum atomic E-state index is -0.759. The van der Waals surface area contributed by atoms with E-state index in [4.69, 9.17) is 11.6 Å². The minimum Gasteiger partial charge on any atom is -0.335 e. The molecule has 7 heteroatoms. The second kappa shape index (κ2) is 3.90. The zero-order valence-electron chi connectivity index (χ0n) is 6.65. The van der Waals surface area contributed by atoms with Crippen LogP contribution in [-0.4, -0.2) is 22.2 Å². The fourth-order valence-corrected chi connectivity index (χ4v) is 0.976. The highest BCUT2D eigenvalue weighted by Gasteiger charge is 2.15. The Morgan fingerprint density at radius 2 is 2.54 bits per heavy atom. The summed E-state index contributed by atoms with van der Waals surface area (Å²) in [5.74, 6) is -0.759. The van der Waals surface area contributed by atoms with Gasteiger partial charge in [-0.05, 0) is 0 Å². The van der Waals surface area contributed by atoms with Crippen molar-refractivity contribution in [2.45, 2.75) is 0 Å². The molecule has 0 radical (unpaired) electrons. The van der Waals surface area contributed by atoms with Crippen molar-refractivity contribution < 1.29 is 14.4 Å². The van der Waals surface area contributed by atoms with Crippen LogP contribution in [0.3, 0.4) is 0 Å². The lowest BCUT2D eigenvalue weighted by Gasteiger charge is -1.96. The molecule has 0 aliphatic heterocycles. The third-order valence-corrected chi connectivity index (χ3v) is 1.48. The van der Waals surface area contributed by atoms with Crippen LogP contribution in [-0.2, 0) is 16.7 Å². The number of nitrogens with zero attached hydrogens (tertiary/aromatic N) is 2. The van der Waals surface area contributed by atoms with Crippen molar-refractivity contribution in [1.29, 1.82) is 0 Å². The van der Waals surface area contributed by atoms with Crippen LogP contribution in [0.4, 0.5) is 0 Å². The SMILES string of the molecule is Cn1cc(C(=O)ONC=O)c(Cl)n1. The molecule has 13 heavy (non-hydrogen) atoms. The number of amides is 1. The molecule has 1 heterocycles. The van der Waals surface area contributed by atoms with E-state index in [-0.39, 0.29) is 17.1 Å². The van der Waals surface area contributed by atoms with Crippen molar-refractivity contribution in [3.05, 3.63) is 16.9 Å². The van der Waals surface area contributed by atoms with Gasteiger partial charge in [0, 0.05) is 13.2 Å². The third-order valence-electron chi connectivity index (χ3n) is 1.20. The number of hydrogen-bond acceptors (Lipinski definition) is 4. The van der Waals surface area contributed by atoms with E-state index in [2.05, 4.69) is 9.94 Å². The molecule has 1 amide bonds. The van der Waals surface area contributed by atoms with Crippen molar-refractivity contribution in [1.82, 2.24) is 15.3 Å². The predicted octanol–water partition coefficient (Wildman–Crippen LogP) is -0.109. The zero-order valence-corrected chi connectivity index (χ0v) is 7.41. The maximum Gasteiger partial charge on any atom is 0.367 e.